The van der Waals surface area contributed by atoms with E-state index in [-0.39, 0.29) is 5.95 Å². The molecule has 0 spiro atoms. The van der Waals surface area contributed by atoms with E-state index < -0.39 is 0 Å². The highest BCUT2D eigenvalue weighted by Crippen LogP contribution is 2.14. The summed E-state index contributed by atoms with van der Waals surface area (Å²) in [5.41, 5.74) is 11.0. The van der Waals surface area contributed by atoms with Gasteiger partial charge in [0, 0.05) is 25.1 Å². The fourth-order valence-corrected chi connectivity index (χ4v) is 1.57. The number of nitrogens with zero attached hydrogens (tertiary/aromatic N) is 2. The Bertz CT molecular complexity index is 317. The van der Waals surface area contributed by atoms with Crippen LogP contribution in [0.2, 0.25) is 0 Å². The lowest BCUT2D eigenvalue weighted by molar-refractivity contribution is 0.187. The highest BCUT2D eigenvalue weighted by molar-refractivity contribution is 5.48. The van der Waals surface area contributed by atoms with Crippen molar-refractivity contribution in [1.29, 1.82) is 0 Å². The summed E-state index contributed by atoms with van der Waals surface area (Å²) in [6, 6.07) is 1.67. The summed E-state index contributed by atoms with van der Waals surface area (Å²) in [6.45, 7) is 2.49. The van der Waals surface area contributed by atoms with Gasteiger partial charge in [0.1, 0.15) is 11.6 Å². The number of rotatable bonds is 3. The van der Waals surface area contributed by atoms with Crippen LogP contribution in [0.15, 0.2) is 6.07 Å². The average molecular weight is 209 g/mol. The van der Waals surface area contributed by atoms with Crippen LogP contribution >= 0.6 is 0 Å². The summed E-state index contributed by atoms with van der Waals surface area (Å²) in [6.07, 6.45) is 1.09. The van der Waals surface area contributed by atoms with Crippen LogP contribution in [0.3, 0.4) is 0 Å². The molecule has 6 heteroatoms. The van der Waals surface area contributed by atoms with Gasteiger partial charge in [-0.2, -0.15) is 9.97 Å². The van der Waals surface area contributed by atoms with E-state index in [1.54, 1.807) is 6.07 Å². The van der Waals surface area contributed by atoms with Gasteiger partial charge in [0.2, 0.25) is 5.95 Å². The maximum Gasteiger partial charge on any atom is 0.223 e. The molecule has 0 saturated carbocycles. The maximum atomic E-state index is 5.55. The lowest BCUT2D eigenvalue weighted by Crippen LogP contribution is -2.15. The molecule has 1 aliphatic rings. The van der Waals surface area contributed by atoms with Crippen LogP contribution in [0.4, 0.5) is 17.6 Å². The Morgan fingerprint density at radius 2 is 2.33 bits per heavy atom. The Kier molecular flexibility index (Phi) is 2.86. The number of ether oxygens (including phenoxy) is 1. The molecule has 0 bridgehead atoms. The van der Waals surface area contributed by atoms with Gasteiger partial charge >= 0.3 is 0 Å². The van der Waals surface area contributed by atoms with Crippen LogP contribution in [-0.4, -0.2) is 29.7 Å². The van der Waals surface area contributed by atoms with Gasteiger partial charge in [-0.1, -0.05) is 0 Å². The second-order valence-corrected chi connectivity index (χ2v) is 3.65. The minimum Gasteiger partial charge on any atom is -0.383 e. The molecule has 2 heterocycles. The third-order valence-electron chi connectivity index (χ3n) is 2.36. The Hall–Kier alpha value is -1.56. The quantitative estimate of drug-likeness (QED) is 0.652. The Balaban J connectivity index is 1.92. The minimum absolute atomic E-state index is 0.195. The summed E-state index contributed by atoms with van der Waals surface area (Å²) < 4.78 is 5.27. The molecular weight excluding hydrogens is 194 g/mol. The van der Waals surface area contributed by atoms with E-state index in [2.05, 4.69) is 15.3 Å². The lowest BCUT2D eigenvalue weighted by atomic mass is 10.1. The molecular formula is C9H15N5O. The highest BCUT2D eigenvalue weighted by Gasteiger charge is 2.15. The molecule has 1 fully saturated rings. The molecule has 1 aliphatic heterocycles. The predicted molar refractivity (Wildman–Crippen MR) is 58.3 cm³/mol. The molecule has 82 valence electrons. The first-order valence-corrected chi connectivity index (χ1v) is 4.95. The molecule has 0 amide bonds. The monoisotopic (exact) mass is 209 g/mol. The standard InChI is InChI=1S/C9H15N5O/c10-7-3-8(14-9(11)13-7)12-4-6-1-2-15-5-6/h3,6H,1-2,4-5H2,(H5,10,11,12,13,14). The summed E-state index contributed by atoms with van der Waals surface area (Å²) in [4.78, 5) is 7.82. The van der Waals surface area contributed by atoms with Gasteiger partial charge in [-0.25, -0.2) is 0 Å². The van der Waals surface area contributed by atoms with E-state index >= 15 is 0 Å². The normalized spacial score (nSPS) is 20.4. The molecule has 0 aromatic carbocycles. The Morgan fingerprint density at radius 3 is 3.00 bits per heavy atom. The van der Waals surface area contributed by atoms with Crippen molar-refractivity contribution in [2.45, 2.75) is 6.42 Å². The van der Waals surface area contributed by atoms with Crippen molar-refractivity contribution < 1.29 is 4.74 Å². The van der Waals surface area contributed by atoms with Gasteiger partial charge in [-0.3, -0.25) is 0 Å². The molecule has 1 aromatic rings. The van der Waals surface area contributed by atoms with Crippen molar-refractivity contribution >= 4 is 17.6 Å². The summed E-state index contributed by atoms with van der Waals surface area (Å²) in [5, 5.41) is 3.18. The predicted octanol–water partition coefficient (Wildman–Crippen LogP) is 0.0894. The zero-order valence-corrected chi connectivity index (χ0v) is 8.44. The van der Waals surface area contributed by atoms with Crippen LogP contribution in [-0.2, 0) is 4.74 Å². The molecule has 1 saturated heterocycles. The zero-order valence-electron chi connectivity index (χ0n) is 8.44. The zero-order chi connectivity index (χ0) is 10.7. The number of hydrogen-bond acceptors (Lipinski definition) is 6. The van der Waals surface area contributed by atoms with Gasteiger partial charge in [0.05, 0.1) is 6.61 Å². The lowest BCUT2D eigenvalue weighted by Gasteiger charge is -2.10. The smallest absolute Gasteiger partial charge is 0.223 e. The van der Waals surface area contributed by atoms with Crippen molar-refractivity contribution in [3.8, 4) is 0 Å². The van der Waals surface area contributed by atoms with Crippen molar-refractivity contribution in [2.24, 2.45) is 5.92 Å². The third kappa shape index (κ3) is 2.69. The van der Waals surface area contributed by atoms with Crippen LogP contribution in [0.5, 0.6) is 0 Å². The number of nitrogen functional groups attached to an aromatic ring is 2. The molecule has 6 nitrogen and oxygen atoms in total. The molecule has 0 aliphatic carbocycles. The molecule has 15 heavy (non-hydrogen) atoms. The van der Waals surface area contributed by atoms with E-state index in [4.69, 9.17) is 16.2 Å². The van der Waals surface area contributed by atoms with Gasteiger partial charge in [-0.05, 0) is 6.42 Å². The fourth-order valence-electron chi connectivity index (χ4n) is 1.57. The first kappa shape index (κ1) is 9.97. The van der Waals surface area contributed by atoms with E-state index in [1.807, 2.05) is 0 Å². The van der Waals surface area contributed by atoms with E-state index in [1.165, 1.54) is 0 Å². The van der Waals surface area contributed by atoms with Gasteiger partial charge < -0.3 is 21.5 Å². The number of aromatic nitrogens is 2. The third-order valence-corrected chi connectivity index (χ3v) is 2.36. The molecule has 1 unspecified atom stereocenters. The SMILES string of the molecule is Nc1cc(NCC2CCOC2)nc(N)n1. The second-order valence-electron chi connectivity index (χ2n) is 3.65. The van der Waals surface area contributed by atoms with Gasteiger partial charge in [0.25, 0.3) is 0 Å². The van der Waals surface area contributed by atoms with Crippen LogP contribution < -0.4 is 16.8 Å². The van der Waals surface area contributed by atoms with Crippen LogP contribution in [0.1, 0.15) is 6.42 Å². The van der Waals surface area contributed by atoms with Crippen molar-refractivity contribution in [1.82, 2.24) is 9.97 Å². The summed E-state index contributed by atoms with van der Waals surface area (Å²) >= 11 is 0. The highest BCUT2D eigenvalue weighted by atomic mass is 16.5. The van der Waals surface area contributed by atoms with Crippen LogP contribution in [0.25, 0.3) is 0 Å². The minimum atomic E-state index is 0.195. The largest absolute Gasteiger partial charge is 0.383 e. The van der Waals surface area contributed by atoms with Gasteiger partial charge in [-0.15, -0.1) is 0 Å². The maximum absolute atomic E-state index is 5.55. The Labute approximate surface area is 88.0 Å². The molecule has 0 radical (unpaired) electrons. The summed E-state index contributed by atoms with van der Waals surface area (Å²) in [5.74, 6) is 1.79. The summed E-state index contributed by atoms with van der Waals surface area (Å²) in [7, 11) is 0. The first-order chi connectivity index (χ1) is 7.24. The number of anilines is 3. The average Bonchev–Trinajstić information content (AvgIpc) is 2.65. The van der Waals surface area contributed by atoms with E-state index in [0.717, 1.165) is 26.2 Å². The van der Waals surface area contributed by atoms with Gasteiger partial charge in [0.15, 0.2) is 0 Å². The van der Waals surface area contributed by atoms with Crippen LogP contribution in [0, 0.1) is 5.92 Å². The van der Waals surface area contributed by atoms with Crippen molar-refractivity contribution in [2.75, 3.05) is 36.5 Å². The number of nitrogens with two attached hydrogens (primary N) is 2. The Morgan fingerprint density at radius 1 is 1.47 bits per heavy atom. The fraction of sp³-hybridized carbons (Fsp3) is 0.556. The number of hydrogen-bond donors (Lipinski definition) is 3. The topological polar surface area (TPSA) is 99.1 Å². The molecule has 2 rings (SSSR count). The first-order valence-electron chi connectivity index (χ1n) is 4.95. The van der Waals surface area contributed by atoms with Crippen molar-refractivity contribution in [3.05, 3.63) is 6.07 Å². The molecule has 1 aromatic heterocycles. The molecule has 5 N–H and O–H groups in total. The van der Waals surface area contributed by atoms with Crippen molar-refractivity contribution in [3.63, 3.8) is 0 Å². The molecule has 1 atom stereocenters. The number of nitrogens with one attached hydrogen (secondary N) is 1. The second kappa shape index (κ2) is 4.31. The van der Waals surface area contributed by atoms with E-state index in [0.29, 0.717) is 17.6 Å². The van der Waals surface area contributed by atoms with E-state index in [9.17, 15) is 0 Å².